The van der Waals surface area contributed by atoms with Crippen LogP contribution in [0.5, 0.6) is 0 Å². The van der Waals surface area contributed by atoms with Crippen molar-refractivity contribution in [2.75, 3.05) is 13.1 Å². The average Bonchev–Trinajstić information content (AvgIpc) is 3.70. The maximum Gasteiger partial charge on any atom is 0.417 e. The standard InChI is InChI=1S/C44H51F3N6O8/c1-2-14-33(38(55)42(59)49-24-35(54)51-36(39(48)56)28-17-8-4-9-18-28)50-41(58)34-23-30(61-26-27-15-6-3-7-16-27)25-53(34)43(60)37(29-19-10-5-11-20-29)52-40(57)31-21-12-13-22-32(31)44(45,46)47/h3-4,6-9,12-13,15-18,21-22,29-30,33-34,36-37H,2,5,10-11,14,19-20,23-26H2,1H3,(H2,48,56)(H,49,59)(H,50,58)(H,51,54)(H,52,57)/t30-,33?,34+,36?,37?/m1/s1. The molecule has 1 aliphatic heterocycles. The lowest BCUT2D eigenvalue weighted by molar-refractivity contribution is -0.143. The number of benzene rings is 3. The summed E-state index contributed by atoms with van der Waals surface area (Å²) in [5.41, 5.74) is 4.89. The Hall–Kier alpha value is -6.10. The van der Waals surface area contributed by atoms with Crippen molar-refractivity contribution in [2.24, 2.45) is 11.7 Å². The SMILES string of the molecule is CCCC(NC(=O)[C@@H]1C[C@@H](OCc2ccccc2)CN1C(=O)C(NC(=O)c1ccccc1C(F)(F)F)C1CCCCC1)C(=O)C(=O)NCC(=O)NC(C(N)=O)c1ccccc1. The second-order valence-corrected chi connectivity index (χ2v) is 15.3. The first-order valence-electron chi connectivity index (χ1n) is 20.4. The van der Waals surface area contributed by atoms with E-state index in [9.17, 15) is 46.7 Å². The van der Waals surface area contributed by atoms with Crippen LogP contribution in [0, 0.1) is 5.92 Å². The van der Waals surface area contributed by atoms with Crippen LogP contribution in [0.4, 0.5) is 13.2 Å². The van der Waals surface area contributed by atoms with Gasteiger partial charge in [-0.2, -0.15) is 13.2 Å². The van der Waals surface area contributed by atoms with Gasteiger partial charge in [0.1, 0.15) is 18.1 Å². The van der Waals surface area contributed by atoms with E-state index in [1.165, 1.54) is 11.0 Å². The lowest BCUT2D eigenvalue weighted by atomic mass is 9.83. The van der Waals surface area contributed by atoms with Crippen LogP contribution in [-0.2, 0) is 46.3 Å². The number of likely N-dealkylation sites (tertiary alicyclic amines) is 1. The number of Topliss-reactive ketones (excluding diaryl/α,β-unsaturated/α-hetero) is 1. The first-order valence-corrected chi connectivity index (χ1v) is 20.4. The minimum Gasteiger partial charge on any atom is -0.372 e. The maximum absolute atomic E-state index is 14.7. The van der Waals surface area contributed by atoms with Crippen molar-refractivity contribution in [1.82, 2.24) is 26.2 Å². The Kier molecular flexibility index (Phi) is 16.1. The van der Waals surface area contributed by atoms with E-state index in [4.69, 9.17) is 10.5 Å². The van der Waals surface area contributed by atoms with Crippen molar-refractivity contribution in [2.45, 2.75) is 101 Å². The summed E-state index contributed by atoms with van der Waals surface area (Å²) in [6.07, 6.45) is -1.89. The van der Waals surface area contributed by atoms with Crippen molar-refractivity contribution >= 4 is 41.2 Å². The Morgan fingerprint density at radius 1 is 0.836 bits per heavy atom. The van der Waals surface area contributed by atoms with Crippen molar-refractivity contribution in [3.05, 3.63) is 107 Å². The minimum absolute atomic E-state index is 0.00984. The van der Waals surface area contributed by atoms with Crippen LogP contribution in [0.1, 0.15) is 91.4 Å². The van der Waals surface area contributed by atoms with E-state index < -0.39 is 101 Å². The van der Waals surface area contributed by atoms with Crippen LogP contribution in [0.25, 0.3) is 0 Å². The van der Waals surface area contributed by atoms with Crippen LogP contribution >= 0.6 is 0 Å². The molecule has 326 valence electrons. The zero-order valence-corrected chi connectivity index (χ0v) is 33.7. The molecule has 0 radical (unpaired) electrons. The number of amides is 6. The highest BCUT2D eigenvalue weighted by molar-refractivity contribution is 6.38. The molecule has 17 heteroatoms. The van der Waals surface area contributed by atoms with Crippen molar-refractivity contribution in [3.8, 4) is 0 Å². The molecule has 0 aromatic heterocycles. The fraction of sp³-hybridized carbons (Fsp3) is 0.432. The normalized spacial score (nSPS) is 18.3. The molecule has 1 saturated heterocycles. The molecule has 61 heavy (non-hydrogen) atoms. The Balaban J connectivity index is 1.34. The summed E-state index contributed by atoms with van der Waals surface area (Å²) in [6.45, 7) is 1.05. The molecule has 3 aromatic carbocycles. The summed E-state index contributed by atoms with van der Waals surface area (Å²) in [5.74, 6) is -6.94. The molecule has 3 aromatic rings. The molecule has 5 rings (SSSR count). The van der Waals surface area contributed by atoms with E-state index in [0.717, 1.165) is 43.0 Å². The minimum atomic E-state index is -4.84. The zero-order chi connectivity index (χ0) is 44.1. The molecular formula is C44H51F3N6O8. The van der Waals surface area contributed by atoms with Gasteiger partial charge in [0.25, 0.3) is 11.8 Å². The van der Waals surface area contributed by atoms with Crippen LogP contribution in [0.15, 0.2) is 84.9 Å². The number of hydrogen-bond acceptors (Lipinski definition) is 8. The van der Waals surface area contributed by atoms with E-state index in [1.54, 1.807) is 37.3 Å². The van der Waals surface area contributed by atoms with Gasteiger partial charge in [-0.3, -0.25) is 33.6 Å². The Morgan fingerprint density at radius 2 is 1.48 bits per heavy atom. The Morgan fingerprint density at radius 3 is 2.11 bits per heavy atom. The summed E-state index contributed by atoms with van der Waals surface area (Å²) >= 11 is 0. The summed E-state index contributed by atoms with van der Waals surface area (Å²) in [7, 11) is 0. The summed E-state index contributed by atoms with van der Waals surface area (Å²) in [4.78, 5) is 95.1. The number of nitrogens with zero attached hydrogens (tertiary/aromatic N) is 1. The number of hydrogen-bond donors (Lipinski definition) is 5. The number of primary amides is 1. The van der Waals surface area contributed by atoms with Gasteiger partial charge in [0.05, 0.1) is 36.4 Å². The fourth-order valence-electron chi connectivity index (χ4n) is 7.78. The molecule has 1 saturated carbocycles. The predicted octanol–water partition coefficient (Wildman–Crippen LogP) is 3.88. The van der Waals surface area contributed by atoms with E-state index >= 15 is 0 Å². The number of ketones is 1. The predicted molar refractivity (Wildman–Crippen MR) is 216 cm³/mol. The molecule has 6 N–H and O–H groups in total. The molecule has 0 spiro atoms. The summed E-state index contributed by atoms with van der Waals surface area (Å²) < 4.78 is 48.0. The quantitative estimate of drug-likeness (QED) is 0.119. The molecule has 1 aliphatic carbocycles. The zero-order valence-electron chi connectivity index (χ0n) is 33.7. The van der Waals surface area contributed by atoms with Crippen LogP contribution in [0.3, 0.4) is 0 Å². The van der Waals surface area contributed by atoms with Crippen molar-refractivity contribution in [1.29, 1.82) is 0 Å². The molecule has 5 atom stereocenters. The van der Waals surface area contributed by atoms with Crippen molar-refractivity contribution < 1.29 is 51.5 Å². The van der Waals surface area contributed by atoms with Gasteiger partial charge in [0.15, 0.2) is 0 Å². The first-order chi connectivity index (χ1) is 29.2. The monoisotopic (exact) mass is 848 g/mol. The third-order valence-electron chi connectivity index (χ3n) is 10.9. The van der Waals surface area contributed by atoms with Gasteiger partial charge in [-0.1, -0.05) is 105 Å². The molecular weight excluding hydrogens is 798 g/mol. The van der Waals surface area contributed by atoms with Gasteiger partial charge in [-0.25, -0.2) is 0 Å². The van der Waals surface area contributed by atoms with Gasteiger partial charge in [-0.15, -0.1) is 0 Å². The third kappa shape index (κ3) is 12.5. The average molecular weight is 849 g/mol. The van der Waals surface area contributed by atoms with Gasteiger partial charge < -0.3 is 36.6 Å². The molecule has 1 heterocycles. The number of ether oxygens (including phenoxy) is 1. The van der Waals surface area contributed by atoms with E-state index in [2.05, 4.69) is 21.3 Å². The molecule has 2 aliphatic rings. The van der Waals surface area contributed by atoms with Gasteiger partial charge in [-0.05, 0) is 48.4 Å². The highest BCUT2D eigenvalue weighted by Crippen LogP contribution is 2.34. The topological polar surface area (TPSA) is 206 Å². The smallest absolute Gasteiger partial charge is 0.372 e. The molecule has 3 unspecified atom stereocenters. The van der Waals surface area contributed by atoms with Gasteiger partial charge >= 0.3 is 6.18 Å². The summed E-state index contributed by atoms with van der Waals surface area (Å²) in [6, 6.07) is 16.5. The highest BCUT2D eigenvalue weighted by Gasteiger charge is 2.46. The van der Waals surface area contributed by atoms with Crippen molar-refractivity contribution in [3.63, 3.8) is 0 Å². The summed E-state index contributed by atoms with van der Waals surface area (Å²) in [5, 5.41) is 9.86. The molecule has 6 amide bonds. The fourth-order valence-corrected chi connectivity index (χ4v) is 7.78. The largest absolute Gasteiger partial charge is 0.417 e. The Bertz CT molecular complexity index is 2030. The van der Waals surface area contributed by atoms with Crippen LogP contribution in [0.2, 0.25) is 0 Å². The number of rotatable bonds is 18. The second-order valence-electron chi connectivity index (χ2n) is 15.3. The Labute approximate surface area is 351 Å². The third-order valence-corrected chi connectivity index (χ3v) is 10.9. The van der Waals surface area contributed by atoms with Crippen LogP contribution in [-0.4, -0.2) is 83.4 Å². The van der Waals surface area contributed by atoms with E-state index in [-0.39, 0.29) is 26.0 Å². The number of carbonyl (C=O) groups excluding carboxylic acids is 7. The van der Waals surface area contributed by atoms with E-state index in [1.807, 2.05) is 30.3 Å². The second kappa shape index (κ2) is 21.4. The maximum atomic E-state index is 14.7. The number of alkyl halides is 3. The van der Waals surface area contributed by atoms with Gasteiger partial charge in [0.2, 0.25) is 29.4 Å². The number of halogens is 3. The lowest BCUT2D eigenvalue weighted by Gasteiger charge is -2.35. The highest BCUT2D eigenvalue weighted by atomic mass is 19.4. The van der Waals surface area contributed by atoms with Crippen LogP contribution < -0.4 is 27.0 Å². The molecule has 14 nitrogen and oxygen atoms in total. The molecule has 0 bridgehead atoms. The number of nitrogens with two attached hydrogens (primary N) is 1. The van der Waals surface area contributed by atoms with E-state index in [0.29, 0.717) is 24.8 Å². The number of nitrogens with one attached hydrogen (secondary N) is 4. The number of carbonyl (C=O) groups is 7. The molecule has 2 fully saturated rings. The lowest BCUT2D eigenvalue weighted by Crippen LogP contribution is -2.58. The first kappa shape index (κ1) is 46.0. The van der Waals surface area contributed by atoms with Gasteiger partial charge in [0, 0.05) is 13.0 Å².